The molecule has 0 aromatic heterocycles. The summed E-state index contributed by atoms with van der Waals surface area (Å²) in [6.45, 7) is 2.01. The second kappa shape index (κ2) is 8.04. The molecule has 120 valence electrons. The second-order valence-corrected chi connectivity index (χ2v) is 6.70. The Hall–Kier alpha value is -1.98. The van der Waals surface area contributed by atoms with Gasteiger partial charge < -0.3 is 11.1 Å². The highest BCUT2D eigenvalue weighted by Crippen LogP contribution is 2.32. The van der Waals surface area contributed by atoms with E-state index in [-0.39, 0.29) is 11.2 Å². The summed E-state index contributed by atoms with van der Waals surface area (Å²) in [5.41, 5.74) is 7.22. The summed E-state index contributed by atoms with van der Waals surface area (Å²) in [7, 11) is 0. The largest absolute Gasteiger partial charge is 0.366 e. The van der Waals surface area contributed by atoms with Crippen LogP contribution in [0.15, 0.2) is 48.5 Å². The fourth-order valence-corrected chi connectivity index (χ4v) is 3.23. The molecule has 4 nitrogen and oxygen atoms in total. The van der Waals surface area contributed by atoms with E-state index in [0.29, 0.717) is 22.0 Å². The fourth-order valence-electron chi connectivity index (χ4n) is 2.01. The molecule has 0 saturated carbocycles. The number of hydrogen-bond acceptors (Lipinski definition) is 3. The molecular weight excluding hydrogens is 332 g/mol. The molecule has 0 aliphatic carbocycles. The third-order valence-corrected chi connectivity index (χ3v) is 4.79. The van der Waals surface area contributed by atoms with E-state index in [1.807, 2.05) is 31.2 Å². The predicted molar refractivity (Wildman–Crippen MR) is 95.9 cm³/mol. The molecule has 0 saturated heterocycles. The van der Waals surface area contributed by atoms with Crippen molar-refractivity contribution < 1.29 is 9.59 Å². The molecule has 0 radical (unpaired) electrons. The first-order valence-electron chi connectivity index (χ1n) is 7.03. The number of nitrogens with one attached hydrogen (secondary N) is 1. The van der Waals surface area contributed by atoms with E-state index in [2.05, 4.69) is 5.32 Å². The summed E-state index contributed by atoms with van der Waals surface area (Å²) in [5.74, 6) is -0.294. The molecule has 2 aromatic carbocycles. The number of hydrogen-bond donors (Lipinski definition) is 2. The molecule has 0 heterocycles. The maximum absolute atomic E-state index is 12.0. The minimum atomic E-state index is -0.494. The highest BCUT2D eigenvalue weighted by molar-refractivity contribution is 8.00. The van der Waals surface area contributed by atoms with Gasteiger partial charge in [-0.2, -0.15) is 0 Å². The predicted octanol–water partition coefficient (Wildman–Crippen LogP) is 3.87. The summed E-state index contributed by atoms with van der Waals surface area (Å²) in [5, 5.41) is 3.61. The first-order valence-corrected chi connectivity index (χ1v) is 8.46. The number of halogens is 1. The van der Waals surface area contributed by atoms with Crippen molar-refractivity contribution in [2.45, 2.75) is 12.2 Å². The van der Waals surface area contributed by atoms with Gasteiger partial charge in [0.1, 0.15) is 0 Å². The Morgan fingerprint density at radius 3 is 2.43 bits per heavy atom. The van der Waals surface area contributed by atoms with Gasteiger partial charge in [-0.25, -0.2) is 0 Å². The van der Waals surface area contributed by atoms with E-state index in [4.69, 9.17) is 17.3 Å². The van der Waals surface area contributed by atoms with E-state index < -0.39 is 5.91 Å². The summed E-state index contributed by atoms with van der Waals surface area (Å²) >= 11 is 7.66. The molecule has 0 unspecified atom stereocenters. The third-order valence-electron chi connectivity index (χ3n) is 3.26. The lowest BCUT2D eigenvalue weighted by atomic mass is 10.2. The molecule has 0 aliphatic rings. The molecule has 2 amide bonds. The number of anilines is 1. The number of nitrogens with two attached hydrogens (primary N) is 1. The van der Waals surface area contributed by atoms with Crippen LogP contribution in [-0.2, 0) is 4.79 Å². The number of benzene rings is 2. The monoisotopic (exact) mass is 348 g/mol. The van der Waals surface area contributed by atoms with Crippen LogP contribution in [0.2, 0.25) is 5.02 Å². The lowest BCUT2D eigenvalue weighted by Crippen LogP contribution is -2.15. The molecule has 23 heavy (non-hydrogen) atoms. The Morgan fingerprint density at radius 2 is 1.83 bits per heavy atom. The first kappa shape index (κ1) is 17.4. The number of carbonyl (C=O) groups excluding carboxylic acids is 2. The van der Waals surface area contributed by atoms with Crippen LogP contribution in [0.1, 0.15) is 28.1 Å². The minimum Gasteiger partial charge on any atom is -0.366 e. The van der Waals surface area contributed by atoms with Gasteiger partial charge in [-0.3, -0.25) is 9.59 Å². The molecule has 1 atom stereocenters. The van der Waals surface area contributed by atoms with Crippen LogP contribution in [0.4, 0.5) is 5.69 Å². The second-order valence-electron chi connectivity index (χ2n) is 4.96. The highest BCUT2D eigenvalue weighted by atomic mass is 35.5. The first-order chi connectivity index (χ1) is 11.0. The summed E-state index contributed by atoms with van der Waals surface area (Å²) in [6, 6.07) is 14.1. The molecule has 2 aromatic rings. The maximum Gasteiger partial charge on any atom is 0.248 e. The van der Waals surface area contributed by atoms with Crippen molar-refractivity contribution in [3.05, 3.63) is 64.7 Å². The van der Waals surface area contributed by atoms with E-state index in [0.717, 1.165) is 5.56 Å². The van der Waals surface area contributed by atoms with Crippen molar-refractivity contribution in [2.24, 2.45) is 5.73 Å². The Labute approximate surface area is 144 Å². The number of thioether (sulfide) groups is 1. The van der Waals surface area contributed by atoms with Gasteiger partial charge in [0, 0.05) is 21.5 Å². The lowest BCUT2D eigenvalue weighted by Gasteiger charge is -2.13. The molecule has 0 spiro atoms. The van der Waals surface area contributed by atoms with Gasteiger partial charge in [-0.05, 0) is 42.8 Å². The van der Waals surface area contributed by atoms with Gasteiger partial charge in [0.25, 0.3) is 0 Å². The van der Waals surface area contributed by atoms with Crippen LogP contribution in [0.25, 0.3) is 0 Å². The zero-order valence-electron chi connectivity index (χ0n) is 12.6. The summed E-state index contributed by atoms with van der Waals surface area (Å²) in [4.78, 5) is 23.0. The molecule has 0 aliphatic heterocycles. The molecule has 0 fully saturated rings. The van der Waals surface area contributed by atoms with Crippen molar-refractivity contribution in [1.82, 2.24) is 0 Å². The van der Waals surface area contributed by atoms with Crippen LogP contribution in [0, 0.1) is 0 Å². The molecule has 3 N–H and O–H groups in total. The van der Waals surface area contributed by atoms with Gasteiger partial charge in [-0.1, -0.05) is 29.8 Å². The summed E-state index contributed by atoms with van der Waals surface area (Å²) < 4.78 is 0. The Balaban J connectivity index is 1.87. The van der Waals surface area contributed by atoms with Gasteiger partial charge in [0.05, 0.1) is 5.75 Å². The normalized spacial score (nSPS) is 11.7. The van der Waals surface area contributed by atoms with E-state index in [1.54, 1.807) is 24.3 Å². The van der Waals surface area contributed by atoms with E-state index in [9.17, 15) is 9.59 Å². The number of rotatable bonds is 6. The Morgan fingerprint density at radius 1 is 1.17 bits per heavy atom. The average molecular weight is 349 g/mol. The zero-order valence-corrected chi connectivity index (χ0v) is 14.2. The SMILES string of the molecule is C[C@H](SCC(=O)Nc1ccc(C(N)=O)cc1)c1ccccc1Cl. The molecule has 0 bridgehead atoms. The van der Waals surface area contributed by atoms with E-state index in [1.165, 1.54) is 11.8 Å². The molecular formula is C17H17ClN2O2S. The topological polar surface area (TPSA) is 72.2 Å². The minimum absolute atomic E-state index is 0.110. The Kier molecular flexibility index (Phi) is 6.07. The molecule has 6 heteroatoms. The maximum atomic E-state index is 12.0. The quantitative estimate of drug-likeness (QED) is 0.832. The summed E-state index contributed by atoms with van der Waals surface area (Å²) in [6.07, 6.45) is 0. The van der Waals surface area contributed by atoms with Crippen molar-refractivity contribution >= 4 is 40.9 Å². The van der Waals surface area contributed by atoms with Crippen LogP contribution < -0.4 is 11.1 Å². The molecule has 2 rings (SSSR count). The Bertz CT molecular complexity index is 704. The smallest absolute Gasteiger partial charge is 0.248 e. The average Bonchev–Trinajstić information content (AvgIpc) is 2.53. The standard InChI is InChI=1S/C17H17ClN2O2S/c1-11(14-4-2-3-5-15(14)18)23-10-16(21)20-13-8-6-12(7-9-13)17(19)22/h2-9,11H,10H2,1H3,(H2,19,22)(H,20,21)/t11-/m0/s1. The van der Waals surface area contributed by atoms with Gasteiger partial charge in [-0.15, -0.1) is 11.8 Å². The number of carbonyl (C=O) groups is 2. The van der Waals surface area contributed by atoms with Crippen molar-refractivity contribution in [3.8, 4) is 0 Å². The van der Waals surface area contributed by atoms with Gasteiger partial charge >= 0.3 is 0 Å². The van der Waals surface area contributed by atoms with E-state index >= 15 is 0 Å². The number of amides is 2. The van der Waals surface area contributed by atoms with Crippen LogP contribution in [-0.4, -0.2) is 17.6 Å². The van der Waals surface area contributed by atoms with Gasteiger partial charge in [0.2, 0.25) is 11.8 Å². The van der Waals surface area contributed by atoms with Crippen molar-refractivity contribution in [2.75, 3.05) is 11.1 Å². The van der Waals surface area contributed by atoms with Crippen molar-refractivity contribution in [1.29, 1.82) is 0 Å². The lowest BCUT2D eigenvalue weighted by molar-refractivity contribution is -0.113. The fraction of sp³-hybridized carbons (Fsp3) is 0.176. The van der Waals surface area contributed by atoms with Crippen LogP contribution in [0.3, 0.4) is 0 Å². The number of primary amides is 1. The van der Waals surface area contributed by atoms with Crippen LogP contribution >= 0.6 is 23.4 Å². The van der Waals surface area contributed by atoms with Crippen LogP contribution in [0.5, 0.6) is 0 Å². The van der Waals surface area contributed by atoms with Crippen molar-refractivity contribution in [3.63, 3.8) is 0 Å². The zero-order chi connectivity index (χ0) is 16.8. The van der Waals surface area contributed by atoms with Gasteiger partial charge in [0.15, 0.2) is 0 Å². The third kappa shape index (κ3) is 5.01. The highest BCUT2D eigenvalue weighted by Gasteiger charge is 2.12.